The summed E-state index contributed by atoms with van der Waals surface area (Å²) in [6.07, 6.45) is 2.33. The molecule has 0 fully saturated rings. The van der Waals surface area contributed by atoms with Crippen LogP contribution in [0.1, 0.15) is 18.9 Å². The summed E-state index contributed by atoms with van der Waals surface area (Å²) in [7, 11) is 0. The SMILES string of the molecule is CC(CN)CSCCCc1cccc(N)c1. The van der Waals surface area contributed by atoms with E-state index in [1.807, 2.05) is 23.9 Å². The monoisotopic (exact) mass is 238 g/mol. The van der Waals surface area contributed by atoms with Gasteiger partial charge in [0.2, 0.25) is 0 Å². The summed E-state index contributed by atoms with van der Waals surface area (Å²) in [5.74, 6) is 3.02. The first-order valence-electron chi connectivity index (χ1n) is 5.84. The third kappa shape index (κ3) is 5.42. The number of rotatable bonds is 7. The average Bonchev–Trinajstić information content (AvgIpc) is 2.28. The minimum Gasteiger partial charge on any atom is -0.399 e. The van der Waals surface area contributed by atoms with Gasteiger partial charge in [0, 0.05) is 5.69 Å². The molecule has 0 radical (unpaired) electrons. The number of hydrogen-bond acceptors (Lipinski definition) is 3. The second kappa shape index (κ2) is 7.58. The Bertz CT molecular complexity index is 302. The van der Waals surface area contributed by atoms with Crippen LogP contribution >= 0.6 is 11.8 Å². The normalized spacial score (nSPS) is 12.6. The van der Waals surface area contributed by atoms with E-state index in [-0.39, 0.29) is 0 Å². The van der Waals surface area contributed by atoms with Crippen LogP contribution in [0.3, 0.4) is 0 Å². The maximum Gasteiger partial charge on any atom is 0.0316 e. The van der Waals surface area contributed by atoms with Crippen LogP contribution < -0.4 is 11.5 Å². The van der Waals surface area contributed by atoms with E-state index in [0.717, 1.165) is 18.7 Å². The quantitative estimate of drug-likeness (QED) is 0.567. The standard InChI is InChI=1S/C13H22N2S/c1-11(9-14)10-16-7-3-5-12-4-2-6-13(15)8-12/h2,4,6,8,11H,3,5,7,9-10,14-15H2,1H3. The van der Waals surface area contributed by atoms with Crippen LogP contribution in [0.4, 0.5) is 5.69 Å². The van der Waals surface area contributed by atoms with Gasteiger partial charge in [0.15, 0.2) is 0 Å². The van der Waals surface area contributed by atoms with Crippen LogP contribution in [-0.2, 0) is 6.42 Å². The maximum absolute atomic E-state index is 5.73. The molecular formula is C13H22N2S. The number of aryl methyl sites for hydroxylation is 1. The highest BCUT2D eigenvalue weighted by Crippen LogP contribution is 2.13. The predicted molar refractivity (Wildman–Crippen MR) is 74.7 cm³/mol. The minimum atomic E-state index is 0.636. The van der Waals surface area contributed by atoms with E-state index < -0.39 is 0 Å². The Morgan fingerprint density at radius 1 is 1.38 bits per heavy atom. The third-order valence-corrected chi connectivity index (χ3v) is 3.89. The van der Waals surface area contributed by atoms with Gasteiger partial charge in [-0.15, -0.1) is 0 Å². The van der Waals surface area contributed by atoms with Gasteiger partial charge in [-0.2, -0.15) is 11.8 Å². The van der Waals surface area contributed by atoms with Gasteiger partial charge in [0.25, 0.3) is 0 Å². The fourth-order valence-corrected chi connectivity index (χ4v) is 2.53. The molecule has 0 saturated carbocycles. The van der Waals surface area contributed by atoms with E-state index in [1.165, 1.54) is 23.5 Å². The average molecular weight is 238 g/mol. The topological polar surface area (TPSA) is 52.0 Å². The van der Waals surface area contributed by atoms with E-state index in [4.69, 9.17) is 11.5 Å². The molecule has 0 amide bonds. The van der Waals surface area contributed by atoms with Gasteiger partial charge < -0.3 is 11.5 Å². The fourth-order valence-electron chi connectivity index (χ4n) is 1.48. The van der Waals surface area contributed by atoms with Crippen molar-refractivity contribution in [3.63, 3.8) is 0 Å². The number of nitrogen functional groups attached to an aromatic ring is 1. The van der Waals surface area contributed by atoms with Crippen molar-refractivity contribution in [1.29, 1.82) is 0 Å². The Labute approximate surface area is 103 Å². The van der Waals surface area contributed by atoms with Crippen LogP contribution in [0.25, 0.3) is 0 Å². The Morgan fingerprint density at radius 3 is 2.88 bits per heavy atom. The molecule has 4 N–H and O–H groups in total. The summed E-state index contributed by atoms with van der Waals surface area (Å²) in [5, 5.41) is 0. The number of benzene rings is 1. The lowest BCUT2D eigenvalue weighted by molar-refractivity contribution is 0.675. The third-order valence-electron chi connectivity index (χ3n) is 2.51. The van der Waals surface area contributed by atoms with Crippen LogP contribution in [0.2, 0.25) is 0 Å². The zero-order valence-corrected chi connectivity index (χ0v) is 10.8. The van der Waals surface area contributed by atoms with Crippen molar-refractivity contribution in [2.75, 3.05) is 23.8 Å². The summed E-state index contributed by atoms with van der Waals surface area (Å²) in [6, 6.07) is 8.16. The smallest absolute Gasteiger partial charge is 0.0316 e. The van der Waals surface area contributed by atoms with Gasteiger partial charge in [-0.3, -0.25) is 0 Å². The molecule has 1 aromatic rings. The molecule has 1 atom stereocenters. The van der Waals surface area contributed by atoms with Gasteiger partial charge in [0.1, 0.15) is 0 Å². The number of anilines is 1. The largest absolute Gasteiger partial charge is 0.399 e. The molecule has 0 aliphatic heterocycles. The molecule has 3 heteroatoms. The Morgan fingerprint density at radius 2 is 2.19 bits per heavy atom. The highest BCUT2D eigenvalue weighted by Gasteiger charge is 1.99. The molecule has 90 valence electrons. The van der Waals surface area contributed by atoms with Crippen molar-refractivity contribution >= 4 is 17.4 Å². The van der Waals surface area contributed by atoms with E-state index >= 15 is 0 Å². The lowest BCUT2D eigenvalue weighted by Gasteiger charge is -2.07. The summed E-state index contributed by atoms with van der Waals surface area (Å²) >= 11 is 2.00. The highest BCUT2D eigenvalue weighted by atomic mass is 32.2. The second-order valence-corrected chi connectivity index (χ2v) is 5.41. The zero-order chi connectivity index (χ0) is 11.8. The minimum absolute atomic E-state index is 0.636. The van der Waals surface area contributed by atoms with Crippen molar-refractivity contribution in [3.8, 4) is 0 Å². The van der Waals surface area contributed by atoms with Gasteiger partial charge in [-0.25, -0.2) is 0 Å². The molecule has 0 aromatic heterocycles. The first-order chi connectivity index (χ1) is 7.72. The molecule has 1 aromatic carbocycles. The van der Waals surface area contributed by atoms with Crippen molar-refractivity contribution in [1.82, 2.24) is 0 Å². The molecule has 0 bridgehead atoms. The second-order valence-electron chi connectivity index (χ2n) is 4.26. The van der Waals surface area contributed by atoms with E-state index in [0.29, 0.717) is 5.92 Å². The van der Waals surface area contributed by atoms with Crippen LogP contribution in [0, 0.1) is 5.92 Å². The Hall–Kier alpha value is -0.670. The number of hydrogen-bond donors (Lipinski definition) is 2. The zero-order valence-electron chi connectivity index (χ0n) is 9.99. The van der Waals surface area contributed by atoms with Crippen molar-refractivity contribution in [2.45, 2.75) is 19.8 Å². The maximum atomic E-state index is 5.73. The fraction of sp³-hybridized carbons (Fsp3) is 0.538. The molecule has 0 heterocycles. The highest BCUT2D eigenvalue weighted by molar-refractivity contribution is 7.99. The molecule has 16 heavy (non-hydrogen) atoms. The van der Waals surface area contributed by atoms with Gasteiger partial charge >= 0.3 is 0 Å². The first-order valence-corrected chi connectivity index (χ1v) is 7.00. The summed E-state index contributed by atoms with van der Waals surface area (Å²) in [4.78, 5) is 0. The van der Waals surface area contributed by atoms with E-state index in [2.05, 4.69) is 19.1 Å². The lowest BCUT2D eigenvalue weighted by atomic mass is 10.1. The van der Waals surface area contributed by atoms with Crippen molar-refractivity contribution in [2.24, 2.45) is 11.7 Å². The van der Waals surface area contributed by atoms with E-state index in [9.17, 15) is 0 Å². The molecular weight excluding hydrogens is 216 g/mol. The molecule has 1 rings (SSSR count). The molecule has 0 aliphatic rings. The van der Waals surface area contributed by atoms with Crippen molar-refractivity contribution < 1.29 is 0 Å². The summed E-state index contributed by atoms with van der Waals surface area (Å²) in [6.45, 7) is 2.99. The molecule has 0 spiro atoms. The van der Waals surface area contributed by atoms with Crippen LogP contribution in [0.5, 0.6) is 0 Å². The number of thioether (sulfide) groups is 1. The van der Waals surface area contributed by atoms with Gasteiger partial charge in [-0.1, -0.05) is 19.1 Å². The molecule has 1 unspecified atom stereocenters. The Balaban J connectivity index is 2.12. The first kappa shape index (κ1) is 13.4. The summed E-state index contributed by atoms with van der Waals surface area (Å²) in [5.41, 5.74) is 13.5. The van der Waals surface area contributed by atoms with Gasteiger partial charge in [0.05, 0.1) is 0 Å². The summed E-state index contributed by atoms with van der Waals surface area (Å²) < 4.78 is 0. The lowest BCUT2D eigenvalue weighted by Crippen LogP contribution is -2.12. The van der Waals surface area contributed by atoms with Crippen LogP contribution in [-0.4, -0.2) is 18.1 Å². The van der Waals surface area contributed by atoms with Crippen molar-refractivity contribution in [3.05, 3.63) is 29.8 Å². The molecule has 0 aliphatic carbocycles. The Kier molecular flexibility index (Phi) is 6.34. The molecule has 0 saturated heterocycles. The predicted octanol–water partition coefficient (Wildman–Crippen LogP) is 2.53. The molecule has 2 nitrogen and oxygen atoms in total. The van der Waals surface area contributed by atoms with Crippen LogP contribution in [0.15, 0.2) is 24.3 Å². The van der Waals surface area contributed by atoms with E-state index in [1.54, 1.807) is 0 Å². The van der Waals surface area contributed by atoms with Gasteiger partial charge in [-0.05, 0) is 54.5 Å². The number of nitrogens with two attached hydrogens (primary N) is 2.